The topological polar surface area (TPSA) is 133 Å². The number of amidine groups is 1. The minimum absolute atomic E-state index is 0.0368. The van der Waals surface area contributed by atoms with E-state index in [0.717, 1.165) is 66.7 Å². The van der Waals surface area contributed by atoms with Gasteiger partial charge in [0.05, 0.1) is 43.7 Å². The molecule has 6 rings (SSSR count). The first-order valence-electron chi connectivity index (χ1n) is 18.7. The first-order valence-corrected chi connectivity index (χ1v) is 23.9. The predicted molar refractivity (Wildman–Crippen MR) is 207 cm³/mol. The molecule has 1 spiro atoms. The van der Waals surface area contributed by atoms with E-state index in [0.29, 0.717) is 48.7 Å². The van der Waals surface area contributed by atoms with Gasteiger partial charge in [0.25, 0.3) is 21.8 Å². The van der Waals surface area contributed by atoms with Crippen LogP contribution in [0, 0.1) is 6.92 Å². The molecule has 2 fully saturated rings. The van der Waals surface area contributed by atoms with Gasteiger partial charge in [-0.25, -0.2) is 22.7 Å². The molecule has 1 aliphatic carbocycles. The third-order valence-electron chi connectivity index (χ3n) is 10.0. The number of aryl methyl sites for hydroxylation is 1. The molecule has 2 aliphatic heterocycles. The molecule has 1 amide bonds. The second-order valence-corrected chi connectivity index (χ2v) is 22.8. The third kappa shape index (κ3) is 8.51. The molecule has 286 valence electrons. The van der Waals surface area contributed by atoms with Crippen molar-refractivity contribution in [3.63, 3.8) is 0 Å². The zero-order chi connectivity index (χ0) is 37.8. The summed E-state index contributed by atoms with van der Waals surface area (Å²) in [6.07, 6.45) is 7.11. The number of rotatable bonds is 16. The molecule has 0 unspecified atom stereocenters. The van der Waals surface area contributed by atoms with Crippen LogP contribution < -0.4 is 9.04 Å². The van der Waals surface area contributed by atoms with Gasteiger partial charge in [-0.1, -0.05) is 76.2 Å². The second-order valence-electron chi connectivity index (χ2n) is 15.3. The van der Waals surface area contributed by atoms with E-state index in [2.05, 4.69) is 36.5 Å². The Morgan fingerprint density at radius 1 is 1.06 bits per heavy atom. The van der Waals surface area contributed by atoms with E-state index in [1.165, 1.54) is 13.3 Å². The van der Waals surface area contributed by atoms with E-state index in [9.17, 15) is 13.2 Å². The number of hydrogen-bond donors (Lipinski definition) is 0. The van der Waals surface area contributed by atoms with Gasteiger partial charge in [-0.3, -0.25) is 14.7 Å². The number of aromatic nitrogens is 2. The van der Waals surface area contributed by atoms with Crippen LogP contribution in [0.2, 0.25) is 25.7 Å². The lowest BCUT2D eigenvalue weighted by atomic mass is 9.96. The Kier molecular flexibility index (Phi) is 12.0. The fourth-order valence-corrected chi connectivity index (χ4v) is 9.40. The van der Waals surface area contributed by atoms with Crippen molar-refractivity contribution in [3.8, 4) is 17.0 Å². The predicted octanol–water partition coefficient (Wildman–Crippen LogP) is 7.26. The van der Waals surface area contributed by atoms with Crippen molar-refractivity contribution in [1.29, 1.82) is 0 Å². The molecule has 0 radical (unpaired) electrons. The molecule has 0 bridgehead atoms. The van der Waals surface area contributed by atoms with Crippen LogP contribution in [0.4, 0.5) is 5.82 Å². The Morgan fingerprint density at radius 3 is 2.49 bits per heavy atom. The van der Waals surface area contributed by atoms with Gasteiger partial charge in [0.2, 0.25) is 5.82 Å². The van der Waals surface area contributed by atoms with Crippen molar-refractivity contribution in [1.82, 2.24) is 14.9 Å². The molecule has 1 saturated heterocycles. The summed E-state index contributed by atoms with van der Waals surface area (Å²) in [6, 6.07) is 13.6. The molecule has 3 heterocycles. The molecule has 1 saturated carbocycles. The summed E-state index contributed by atoms with van der Waals surface area (Å²) in [4.78, 5) is 29.8. The van der Waals surface area contributed by atoms with Gasteiger partial charge in [0, 0.05) is 32.2 Å². The molecule has 3 aromatic rings. The van der Waals surface area contributed by atoms with Crippen molar-refractivity contribution >= 4 is 35.7 Å². The summed E-state index contributed by atoms with van der Waals surface area (Å²) in [6.45, 7) is 11.9. The lowest BCUT2D eigenvalue weighted by Crippen LogP contribution is -2.40. The van der Waals surface area contributed by atoms with Crippen molar-refractivity contribution in [2.75, 3.05) is 38.0 Å². The number of carbonyl (C=O) groups excluding carboxylic acids is 1. The first kappa shape index (κ1) is 39.0. The number of methoxy groups -OCH3 is 1. The summed E-state index contributed by atoms with van der Waals surface area (Å²) in [5.41, 5.74) is 2.62. The summed E-state index contributed by atoms with van der Waals surface area (Å²) < 4.78 is 54.6. The van der Waals surface area contributed by atoms with Gasteiger partial charge in [-0.15, -0.1) is 0 Å². The number of aliphatic imine (C=N–C) groups is 1. The standard InChI is InChI=1S/C39H53N5O7SSi/c1-7-8-15-34-42-39(18-11-12-19-39)38(45)43(34)26-29-16-17-30(32(24-29)37-50-20-21-51-37)31-13-9-10-14-33(31)52(46,47)44(27-49-22-23-53(4,5)6)35-36(48-3)41-28(2)25-40-35/h9-10,13-14,16-17,24-25,37H,7-8,11-12,15,18-23,26-27H2,1-6H3. The number of carbonyl (C=O) groups is 1. The van der Waals surface area contributed by atoms with Crippen LogP contribution in [0.15, 0.2) is 58.5 Å². The third-order valence-corrected chi connectivity index (χ3v) is 13.5. The molecule has 1 aromatic heterocycles. The van der Waals surface area contributed by atoms with Crippen LogP contribution in [0.3, 0.4) is 0 Å². The Labute approximate surface area is 315 Å². The Bertz CT molecular complexity index is 1920. The van der Waals surface area contributed by atoms with Gasteiger partial charge in [-0.2, -0.15) is 0 Å². The lowest BCUT2D eigenvalue weighted by Gasteiger charge is -2.27. The minimum Gasteiger partial charge on any atom is -0.478 e. The molecule has 53 heavy (non-hydrogen) atoms. The maximum absolute atomic E-state index is 14.9. The number of sulfonamides is 1. The average Bonchev–Trinajstić information content (AvgIpc) is 3.90. The molecule has 14 heteroatoms. The fraction of sp³-hybridized carbons (Fsp3) is 0.538. The largest absolute Gasteiger partial charge is 0.478 e. The van der Waals surface area contributed by atoms with E-state index >= 15 is 0 Å². The molecule has 2 aromatic carbocycles. The number of ether oxygens (including phenoxy) is 4. The number of benzene rings is 2. The first-order chi connectivity index (χ1) is 25.4. The van der Waals surface area contributed by atoms with Crippen molar-refractivity contribution in [2.24, 2.45) is 4.99 Å². The highest BCUT2D eigenvalue weighted by molar-refractivity contribution is 7.93. The Hall–Kier alpha value is -3.69. The van der Waals surface area contributed by atoms with Crippen molar-refractivity contribution in [3.05, 3.63) is 65.5 Å². The van der Waals surface area contributed by atoms with Crippen molar-refractivity contribution < 1.29 is 32.2 Å². The van der Waals surface area contributed by atoms with Crippen LogP contribution in [0.25, 0.3) is 11.1 Å². The van der Waals surface area contributed by atoms with E-state index < -0.39 is 29.9 Å². The molecule has 12 nitrogen and oxygen atoms in total. The van der Waals surface area contributed by atoms with Gasteiger partial charge >= 0.3 is 0 Å². The molecule has 0 N–H and O–H groups in total. The molecule has 0 atom stereocenters. The number of hydrogen-bond acceptors (Lipinski definition) is 10. The lowest BCUT2D eigenvalue weighted by molar-refractivity contribution is -0.131. The van der Waals surface area contributed by atoms with Gasteiger partial charge < -0.3 is 18.9 Å². The smallest absolute Gasteiger partial charge is 0.268 e. The van der Waals surface area contributed by atoms with E-state index in [1.54, 1.807) is 25.1 Å². The summed E-state index contributed by atoms with van der Waals surface area (Å²) in [5.74, 6) is 1.06. The zero-order valence-electron chi connectivity index (χ0n) is 31.9. The van der Waals surface area contributed by atoms with E-state index in [4.69, 9.17) is 23.9 Å². The summed E-state index contributed by atoms with van der Waals surface area (Å²) in [5, 5.41) is 0. The number of unbranched alkanes of at least 4 members (excludes halogenated alkanes) is 1. The number of nitrogens with zero attached hydrogens (tertiary/aromatic N) is 5. The fourth-order valence-electron chi connectivity index (χ4n) is 7.13. The van der Waals surface area contributed by atoms with Crippen LogP contribution in [-0.4, -0.2) is 82.3 Å². The van der Waals surface area contributed by atoms with Gasteiger partial charge in [-0.05, 0) is 55.5 Å². The van der Waals surface area contributed by atoms with E-state index in [-0.39, 0.29) is 29.2 Å². The summed E-state index contributed by atoms with van der Waals surface area (Å²) >= 11 is 0. The molecular formula is C39H53N5O7SSi. The Morgan fingerprint density at radius 2 is 1.79 bits per heavy atom. The highest BCUT2D eigenvalue weighted by Crippen LogP contribution is 2.42. The number of anilines is 1. The van der Waals surface area contributed by atoms with Crippen LogP contribution in [0.5, 0.6) is 5.88 Å². The van der Waals surface area contributed by atoms with Gasteiger partial charge in [0.1, 0.15) is 18.1 Å². The molecule has 3 aliphatic rings. The van der Waals surface area contributed by atoms with Crippen LogP contribution in [0.1, 0.15) is 75.0 Å². The van der Waals surface area contributed by atoms with E-state index in [1.807, 2.05) is 29.2 Å². The zero-order valence-corrected chi connectivity index (χ0v) is 33.7. The van der Waals surface area contributed by atoms with Crippen molar-refractivity contribution in [2.45, 2.75) is 108 Å². The highest BCUT2D eigenvalue weighted by Gasteiger charge is 2.49. The SMILES string of the molecule is CCCCC1=NC2(CCCC2)C(=O)N1Cc1ccc(-c2ccccc2S(=O)(=O)N(COCC[Si](C)(C)C)c2ncc(C)nc2OC)c(C2OCCO2)c1. The monoisotopic (exact) mass is 763 g/mol. The molecular weight excluding hydrogens is 711 g/mol. The quantitative estimate of drug-likeness (QED) is 0.0840. The average molecular weight is 764 g/mol. The Balaban J connectivity index is 1.39. The summed E-state index contributed by atoms with van der Waals surface area (Å²) in [7, 11) is -4.33. The normalized spacial score (nSPS) is 17.6. The van der Waals surface area contributed by atoms with Gasteiger partial charge in [0.15, 0.2) is 6.29 Å². The van der Waals surface area contributed by atoms with Crippen LogP contribution >= 0.6 is 0 Å². The highest BCUT2D eigenvalue weighted by atomic mass is 32.2. The number of amides is 1. The maximum Gasteiger partial charge on any atom is 0.268 e. The van der Waals surface area contributed by atoms with Crippen LogP contribution in [-0.2, 0) is 35.6 Å². The maximum atomic E-state index is 14.9. The minimum atomic E-state index is -4.31. The second kappa shape index (κ2) is 16.4.